The van der Waals surface area contributed by atoms with Crippen molar-refractivity contribution in [2.45, 2.75) is 18.7 Å². The topological polar surface area (TPSA) is 108 Å². The first-order chi connectivity index (χ1) is 12.3. The van der Waals surface area contributed by atoms with Crippen molar-refractivity contribution >= 4 is 26.9 Å². The number of nitro groups is 1. The third kappa shape index (κ3) is 4.63. The van der Waals surface area contributed by atoms with Gasteiger partial charge in [-0.3, -0.25) is 10.1 Å². The number of sulfone groups is 1. The predicted octanol–water partition coefficient (Wildman–Crippen LogP) is 3.54. The summed E-state index contributed by atoms with van der Waals surface area (Å²) >= 11 is 0. The zero-order valence-corrected chi connectivity index (χ0v) is 15.5. The van der Waals surface area contributed by atoms with Crippen molar-refractivity contribution < 1.29 is 22.8 Å². The lowest BCUT2D eigenvalue weighted by Gasteiger charge is -2.14. The molecule has 2 aromatic rings. The van der Waals surface area contributed by atoms with Crippen LogP contribution in [0.4, 0.5) is 17.1 Å². The van der Waals surface area contributed by atoms with Crippen LogP contribution >= 0.6 is 0 Å². The minimum absolute atomic E-state index is 0.114. The van der Waals surface area contributed by atoms with Gasteiger partial charge in [-0.1, -0.05) is 0 Å². The van der Waals surface area contributed by atoms with Crippen molar-refractivity contribution in [1.29, 1.82) is 0 Å². The van der Waals surface area contributed by atoms with E-state index in [4.69, 9.17) is 9.47 Å². The molecule has 9 heteroatoms. The molecule has 26 heavy (non-hydrogen) atoms. The third-order valence-electron chi connectivity index (χ3n) is 3.42. The number of nitrogens with zero attached hydrogens (tertiary/aromatic N) is 1. The Morgan fingerprint density at radius 2 is 1.69 bits per heavy atom. The fraction of sp³-hybridized carbons (Fsp3) is 0.294. The molecule has 8 nitrogen and oxygen atoms in total. The second-order valence-electron chi connectivity index (χ2n) is 5.36. The molecule has 0 atom stereocenters. The van der Waals surface area contributed by atoms with Crippen LogP contribution < -0.4 is 14.8 Å². The molecule has 0 spiro atoms. The molecule has 1 N–H and O–H groups in total. The van der Waals surface area contributed by atoms with Crippen LogP contribution in [-0.2, 0) is 9.84 Å². The monoisotopic (exact) mass is 380 g/mol. The lowest BCUT2D eigenvalue weighted by molar-refractivity contribution is -0.384. The van der Waals surface area contributed by atoms with Crippen LogP contribution in [0.1, 0.15) is 13.8 Å². The fourth-order valence-corrected chi connectivity index (χ4v) is 2.92. The van der Waals surface area contributed by atoms with Crippen LogP contribution in [0, 0.1) is 10.1 Å². The Hall–Kier alpha value is -2.81. The maximum absolute atomic E-state index is 11.6. The standard InChI is InChI=1S/C17H20N2O6S/c1-4-24-16-9-6-12(10-17(16)25-5-2)18-14-8-7-13(26(3,22)23)11-15(14)19(20)21/h6-11,18H,4-5H2,1-3H3. The van der Waals surface area contributed by atoms with Crippen LogP contribution in [0.15, 0.2) is 41.3 Å². The highest BCUT2D eigenvalue weighted by Gasteiger charge is 2.19. The van der Waals surface area contributed by atoms with Gasteiger partial charge in [-0.15, -0.1) is 0 Å². The Bertz CT molecular complexity index is 911. The number of hydrogen-bond donors (Lipinski definition) is 1. The van der Waals surface area contributed by atoms with E-state index in [1.807, 2.05) is 13.8 Å². The first-order valence-electron chi connectivity index (χ1n) is 7.91. The van der Waals surface area contributed by atoms with E-state index < -0.39 is 14.8 Å². The van der Waals surface area contributed by atoms with Crippen molar-refractivity contribution in [3.8, 4) is 11.5 Å². The summed E-state index contributed by atoms with van der Waals surface area (Å²) in [5.74, 6) is 1.08. The number of hydrogen-bond acceptors (Lipinski definition) is 7. The van der Waals surface area contributed by atoms with Gasteiger partial charge >= 0.3 is 0 Å². The van der Waals surface area contributed by atoms with E-state index in [-0.39, 0.29) is 16.3 Å². The van der Waals surface area contributed by atoms with E-state index in [9.17, 15) is 18.5 Å². The zero-order chi connectivity index (χ0) is 19.3. The summed E-state index contributed by atoms with van der Waals surface area (Å²) in [5, 5.41) is 14.3. The molecule has 0 radical (unpaired) electrons. The van der Waals surface area contributed by atoms with E-state index in [1.165, 1.54) is 12.1 Å². The van der Waals surface area contributed by atoms with Gasteiger partial charge in [-0.05, 0) is 38.1 Å². The Kier molecular flexibility index (Phi) is 6.04. The summed E-state index contributed by atoms with van der Waals surface area (Å²) in [6.07, 6.45) is 1.000. The minimum Gasteiger partial charge on any atom is -0.490 e. The molecule has 140 valence electrons. The van der Waals surface area contributed by atoms with Gasteiger partial charge < -0.3 is 14.8 Å². The van der Waals surface area contributed by atoms with Crippen molar-refractivity contribution in [3.63, 3.8) is 0 Å². The van der Waals surface area contributed by atoms with Crippen LogP contribution in [-0.4, -0.2) is 32.8 Å². The highest BCUT2D eigenvalue weighted by molar-refractivity contribution is 7.90. The van der Waals surface area contributed by atoms with Gasteiger partial charge in [0.05, 0.1) is 23.0 Å². The van der Waals surface area contributed by atoms with Crippen molar-refractivity contribution in [2.75, 3.05) is 24.8 Å². The number of nitrogens with one attached hydrogen (secondary N) is 1. The van der Waals surface area contributed by atoms with E-state index in [2.05, 4.69) is 5.32 Å². The van der Waals surface area contributed by atoms with Crippen LogP contribution in [0.25, 0.3) is 0 Å². The minimum atomic E-state index is -3.54. The number of nitro benzene ring substituents is 1. The summed E-state index contributed by atoms with van der Waals surface area (Å²) in [5.41, 5.74) is 0.390. The normalized spacial score (nSPS) is 11.0. The molecular formula is C17H20N2O6S. The van der Waals surface area contributed by atoms with Gasteiger partial charge in [0.25, 0.3) is 5.69 Å². The number of ether oxygens (including phenoxy) is 2. The molecule has 0 aliphatic heterocycles. The number of anilines is 2. The summed E-state index contributed by atoms with van der Waals surface area (Å²) < 4.78 is 34.3. The molecule has 0 saturated heterocycles. The predicted molar refractivity (Wildman–Crippen MR) is 98.3 cm³/mol. The van der Waals surface area contributed by atoms with E-state index in [1.54, 1.807) is 18.2 Å². The summed E-state index contributed by atoms with van der Waals surface area (Å²) in [7, 11) is -3.54. The summed E-state index contributed by atoms with van der Waals surface area (Å²) in [4.78, 5) is 10.6. The van der Waals surface area contributed by atoms with Gasteiger partial charge in [0.1, 0.15) is 5.69 Å². The molecule has 0 aliphatic rings. The van der Waals surface area contributed by atoms with E-state index in [0.717, 1.165) is 12.3 Å². The molecule has 0 aromatic heterocycles. The molecule has 0 aliphatic carbocycles. The fourth-order valence-electron chi connectivity index (χ4n) is 2.28. The van der Waals surface area contributed by atoms with Gasteiger partial charge in [-0.25, -0.2) is 8.42 Å². The lowest BCUT2D eigenvalue weighted by Crippen LogP contribution is -2.03. The largest absolute Gasteiger partial charge is 0.490 e. The first kappa shape index (κ1) is 19.5. The average Bonchev–Trinajstić information content (AvgIpc) is 2.56. The SMILES string of the molecule is CCOc1ccc(Nc2ccc(S(C)(=O)=O)cc2[N+](=O)[O-])cc1OCC. The zero-order valence-electron chi connectivity index (χ0n) is 14.7. The Morgan fingerprint density at radius 1 is 1.04 bits per heavy atom. The van der Waals surface area contributed by atoms with Crippen molar-refractivity contribution in [1.82, 2.24) is 0 Å². The lowest BCUT2D eigenvalue weighted by atomic mass is 10.2. The van der Waals surface area contributed by atoms with Crippen LogP contribution in [0.5, 0.6) is 11.5 Å². The Labute approximate surface area is 151 Å². The highest BCUT2D eigenvalue weighted by atomic mass is 32.2. The Morgan fingerprint density at radius 3 is 2.27 bits per heavy atom. The second-order valence-corrected chi connectivity index (χ2v) is 7.38. The molecule has 2 rings (SSSR count). The van der Waals surface area contributed by atoms with Gasteiger partial charge in [0.2, 0.25) is 0 Å². The van der Waals surface area contributed by atoms with E-state index >= 15 is 0 Å². The van der Waals surface area contributed by atoms with Crippen LogP contribution in [0.2, 0.25) is 0 Å². The molecule has 0 unspecified atom stereocenters. The van der Waals surface area contributed by atoms with Gasteiger partial charge in [-0.2, -0.15) is 0 Å². The molecule has 0 bridgehead atoms. The molecule has 0 heterocycles. The molecule has 0 amide bonds. The first-order valence-corrected chi connectivity index (χ1v) is 9.80. The quantitative estimate of drug-likeness (QED) is 0.551. The Balaban J connectivity index is 2.41. The number of benzene rings is 2. The van der Waals surface area contributed by atoms with Crippen molar-refractivity contribution in [2.24, 2.45) is 0 Å². The smallest absolute Gasteiger partial charge is 0.293 e. The molecule has 0 saturated carbocycles. The summed E-state index contributed by atoms with van der Waals surface area (Å²) in [6.45, 7) is 4.61. The third-order valence-corrected chi connectivity index (χ3v) is 4.53. The molecule has 0 fully saturated rings. The average molecular weight is 380 g/mol. The molecule has 2 aromatic carbocycles. The second kappa shape index (κ2) is 8.05. The highest BCUT2D eigenvalue weighted by Crippen LogP contribution is 2.34. The van der Waals surface area contributed by atoms with Crippen molar-refractivity contribution in [3.05, 3.63) is 46.5 Å². The maximum atomic E-state index is 11.6. The molecular weight excluding hydrogens is 360 g/mol. The maximum Gasteiger partial charge on any atom is 0.293 e. The van der Waals surface area contributed by atoms with E-state index in [0.29, 0.717) is 30.4 Å². The van der Waals surface area contributed by atoms with Gasteiger partial charge in [0, 0.05) is 24.1 Å². The van der Waals surface area contributed by atoms with Crippen LogP contribution in [0.3, 0.4) is 0 Å². The summed E-state index contributed by atoms with van der Waals surface area (Å²) in [6, 6.07) is 8.79. The van der Waals surface area contributed by atoms with Gasteiger partial charge in [0.15, 0.2) is 21.3 Å². The number of rotatable bonds is 8.